The smallest absolute Gasteiger partial charge is 0.261 e. The van der Waals surface area contributed by atoms with Gasteiger partial charge in [-0.2, -0.15) is 0 Å². The van der Waals surface area contributed by atoms with Crippen molar-refractivity contribution in [2.45, 2.75) is 26.3 Å². The molecule has 5 heteroatoms. The number of halogens is 1. The van der Waals surface area contributed by atoms with Gasteiger partial charge in [-0.15, -0.1) is 0 Å². The van der Waals surface area contributed by atoms with Crippen LogP contribution in [0.1, 0.15) is 26.3 Å². The molecule has 0 unspecified atom stereocenters. The highest BCUT2D eigenvalue weighted by atomic mass is 79.9. The van der Waals surface area contributed by atoms with E-state index in [-0.39, 0.29) is 18.1 Å². The van der Waals surface area contributed by atoms with E-state index in [4.69, 9.17) is 4.84 Å². The lowest BCUT2D eigenvalue weighted by molar-refractivity contribution is -0.127. The van der Waals surface area contributed by atoms with Crippen molar-refractivity contribution in [3.05, 3.63) is 34.3 Å². The van der Waals surface area contributed by atoms with Crippen LogP contribution in [0.3, 0.4) is 0 Å². The lowest BCUT2D eigenvalue weighted by Gasteiger charge is -2.19. The molecule has 0 aliphatic rings. The summed E-state index contributed by atoms with van der Waals surface area (Å²) in [5.41, 5.74) is 0.640. The molecule has 0 saturated carbocycles. The minimum atomic E-state index is -0.257. The highest BCUT2D eigenvalue weighted by molar-refractivity contribution is 9.10. The summed E-state index contributed by atoms with van der Waals surface area (Å²) in [7, 11) is 0. The number of nitrogens with zero attached hydrogens (tertiary/aromatic N) is 1. The van der Waals surface area contributed by atoms with Gasteiger partial charge in [0.1, 0.15) is 0 Å². The number of benzene rings is 1. The number of rotatable bonds is 4. The number of carbonyl (C=O) groups excluding carboxylic acids is 1. The summed E-state index contributed by atoms with van der Waals surface area (Å²) in [5.74, 6) is -0.188. The van der Waals surface area contributed by atoms with E-state index in [2.05, 4.69) is 26.4 Å². The molecule has 0 aliphatic heterocycles. The molecule has 18 heavy (non-hydrogen) atoms. The zero-order chi connectivity index (χ0) is 13.6. The van der Waals surface area contributed by atoms with Gasteiger partial charge in [-0.05, 0) is 26.8 Å². The zero-order valence-corrected chi connectivity index (χ0v) is 12.3. The second-order valence-corrected chi connectivity index (χ2v) is 5.68. The van der Waals surface area contributed by atoms with Crippen molar-refractivity contribution in [1.82, 2.24) is 5.32 Å². The monoisotopic (exact) mass is 312 g/mol. The van der Waals surface area contributed by atoms with Crippen LogP contribution < -0.4 is 5.32 Å². The third-order valence-electron chi connectivity index (χ3n) is 1.88. The van der Waals surface area contributed by atoms with Crippen molar-refractivity contribution in [3.63, 3.8) is 0 Å². The van der Waals surface area contributed by atoms with Crippen LogP contribution in [-0.2, 0) is 9.63 Å². The van der Waals surface area contributed by atoms with E-state index in [0.717, 1.165) is 10.0 Å². The highest BCUT2D eigenvalue weighted by Gasteiger charge is 2.13. The largest absolute Gasteiger partial charge is 0.386 e. The Morgan fingerprint density at radius 3 is 2.72 bits per heavy atom. The van der Waals surface area contributed by atoms with Crippen LogP contribution in [0, 0.1) is 0 Å². The standard InChI is InChI=1S/C13H17BrN2O2/c1-13(2,3)16-12(17)9-18-15-8-10-6-4-5-7-11(10)14/h4-8H,9H2,1-3H3,(H,16,17)/b15-8-. The zero-order valence-electron chi connectivity index (χ0n) is 10.7. The summed E-state index contributed by atoms with van der Waals surface area (Å²) in [4.78, 5) is 16.4. The van der Waals surface area contributed by atoms with E-state index in [1.165, 1.54) is 0 Å². The van der Waals surface area contributed by atoms with Gasteiger partial charge in [0.2, 0.25) is 0 Å². The summed E-state index contributed by atoms with van der Waals surface area (Å²) in [6.07, 6.45) is 1.56. The van der Waals surface area contributed by atoms with Crippen LogP contribution in [0.4, 0.5) is 0 Å². The summed E-state index contributed by atoms with van der Waals surface area (Å²) < 4.78 is 0.927. The van der Waals surface area contributed by atoms with Crippen LogP contribution in [0.25, 0.3) is 0 Å². The van der Waals surface area contributed by atoms with Crippen molar-refractivity contribution in [2.24, 2.45) is 5.16 Å². The first kappa shape index (κ1) is 14.7. The van der Waals surface area contributed by atoms with E-state index in [1.54, 1.807) is 6.21 Å². The molecule has 0 radical (unpaired) electrons. The molecule has 0 bridgehead atoms. The molecule has 1 aromatic rings. The molecule has 0 spiro atoms. The lowest BCUT2D eigenvalue weighted by Crippen LogP contribution is -2.42. The fraction of sp³-hybridized carbons (Fsp3) is 0.385. The van der Waals surface area contributed by atoms with Gasteiger partial charge in [0.15, 0.2) is 6.61 Å². The van der Waals surface area contributed by atoms with Crippen LogP contribution in [0.2, 0.25) is 0 Å². The Labute approximate surface area is 116 Å². The van der Waals surface area contributed by atoms with E-state index in [9.17, 15) is 4.79 Å². The van der Waals surface area contributed by atoms with E-state index in [1.807, 2.05) is 45.0 Å². The van der Waals surface area contributed by atoms with Crippen molar-refractivity contribution >= 4 is 28.1 Å². The summed E-state index contributed by atoms with van der Waals surface area (Å²) in [5, 5.41) is 6.54. The SMILES string of the molecule is CC(C)(C)NC(=O)CO/N=C\c1ccccc1Br. The van der Waals surface area contributed by atoms with Crippen molar-refractivity contribution < 1.29 is 9.63 Å². The fourth-order valence-electron chi connectivity index (χ4n) is 1.22. The number of nitrogens with one attached hydrogen (secondary N) is 1. The molecule has 0 aliphatic carbocycles. The third-order valence-corrected chi connectivity index (χ3v) is 2.60. The maximum absolute atomic E-state index is 11.4. The minimum Gasteiger partial charge on any atom is -0.386 e. The van der Waals surface area contributed by atoms with Gasteiger partial charge in [-0.1, -0.05) is 39.3 Å². The normalized spacial score (nSPS) is 11.6. The van der Waals surface area contributed by atoms with Crippen LogP contribution in [0.5, 0.6) is 0 Å². The molecule has 4 nitrogen and oxygen atoms in total. The van der Waals surface area contributed by atoms with Gasteiger partial charge in [0.05, 0.1) is 6.21 Å². The first-order valence-corrected chi connectivity index (χ1v) is 6.39. The minimum absolute atomic E-state index is 0.0851. The molecule has 1 aromatic carbocycles. The van der Waals surface area contributed by atoms with Gasteiger partial charge >= 0.3 is 0 Å². The van der Waals surface area contributed by atoms with Crippen LogP contribution in [-0.4, -0.2) is 24.3 Å². The molecule has 0 fully saturated rings. The molecule has 0 heterocycles. The van der Waals surface area contributed by atoms with Crippen molar-refractivity contribution in [1.29, 1.82) is 0 Å². The number of oxime groups is 1. The topological polar surface area (TPSA) is 50.7 Å². The molecule has 0 atom stereocenters. The van der Waals surface area contributed by atoms with Gasteiger partial charge in [0, 0.05) is 15.6 Å². The summed E-state index contributed by atoms with van der Waals surface area (Å²) in [6, 6.07) is 7.62. The Morgan fingerprint density at radius 2 is 2.11 bits per heavy atom. The highest BCUT2D eigenvalue weighted by Crippen LogP contribution is 2.13. The molecule has 1 N–H and O–H groups in total. The second kappa shape index (κ2) is 6.54. The predicted octanol–water partition coefficient (Wildman–Crippen LogP) is 2.71. The molecular weight excluding hydrogens is 296 g/mol. The Hall–Kier alpha value is -1.36. The summed E-state index contributed by atoms with van der Waals surface area (Å²) in [6.45, 7) is 5.65. The molecule has 0 saturated heterocycles. The van der Waals surface area contributed by atoms with Gasteiger partial charge in [-0.25, -0.2) is 0 Å². The van der Waals surface area contributed by atoms with Gasteiger partial charge < -0.3 is 10.2 Å². The van der Waals surface area contributed by atoms with E-state index < -0.39 is 0 Å². The average Bonchev–Trinajstić information content (AvgIpc) is 2.24. The first-order valence-electron chi connectivity index (χ1n) is 5.59. The molecule has 1 amide bonds. The Balaban J connectivity index is 2.38. The number of amides is 1. The average molecular weight is 313 g/mol. The Morgan fingerprint density at radius 1 is 1.44 bits per heavy atom. The maximum atomic E-state index is 11.4. The van der Waals surface area contributed by atoms with Crippen molar-refractivity contribution in [3.8, 4) is 0 Å². The quantitative estimate of drug-likeness (QED) is 0.686. The van der Waals surface area contributed by atoms with E-state index in [0.29, 0.717) is 0 Å². The number of hydrogen-bond donors (Lipinski definition) is 1. The first-order chi connectivity index (χ1) is 8.38. The fourth-order valence-corrected chi connectivity index (χ4v) is 1.61. The van der Waals surface area contributed by atoms with Gasteiger partial charge in [-0.3, -0.25) is 4.79 Å². The van der Waals surface area contributed by atoms with Crippen LogP contribution in [0.15, 0.2) is 33.9 Å². The third kappa shape index (κ3) is 5.82. The predicted molar refractivity (Wildman–Crippen MR) is 75.6 cm³/mol. The van der Waals surface area contributed by atoms with Crippen LogP contribution >= 0.6 is 15.9 Å². The summed E-state index contributed by atoms with van der Waals surface area (Å²) >= 11 is 3.39. The van der Waals surface area contributed by atoms with Crippen molar-refractivity contribution in [2.75, 3.05) is 6.61 Å². The second-order valence-electron chi connectivity index (χ2n) is 4.83. The number of carbonyl (C=O) groups is 1. The Bertz CT molecular complexity index is 439. The molecule has 98 valence electrons. The number of hydrogen-bond acceptors (Lipinski definition) is 3. The van der Waals surface area contributed by atoms with Gasteiger partial charge in [0.25, 0.3) is 5.91 Å². The Kier molecular flexibility index (Phi) is 5.34. The maximum Gasteiger partial charge on any atom is 0.261 e. The molecule has 0 aromatic heterocycles. The van der Waals surface area contributed by atoms with E-state index >= 15 is 0 Å². The lowest BCUT2D eigenvalue weighted by atomic mass is 10.1. The molecule has 1 rings (SSSR count). The molecular formula is C13H17BrN2O2.